The van der Waals surface area contributed by atoms with Crippen molar-refractivity contribution in [2.75, 3.05) is 6.61 Å². The molecule has 0 spiro atoms. The molecule has 0 aromatic heterocycles. The molecule has 24 heavy (non-hydrogen) atoms. The molecule has 124 valence electrons. The number of hydrazone groups is 1. The fourth-order valence-electron chi connectivity index (χ4n) is 1.87. The molecule has 0 fully saturated rings. The quantitative estimate of drug-likeness (QED) is 0.638. The number of carboxylic acids is 1. The average Bonchev–Trinajstić information content (AvgIpc) is 2.56. The van der Waals surface area contributed by atoms with Gasteiger partial charge in [-0.2, -0.15) is 5.10 Å². The minimum atomic E-state index is -1.24. The Balaban J connectivity index is 1.81. The van der Waals surface area contributed by atoms with Crippen LogP contribution in [0.15, 0.2) is 47.6 Å². The number of carboxylic acid groups (broad SMARTS) is 1. The van der Waals surface area contributed by atoms with Crippen LogP contribution < -0.4 is 15.3 Å². The third-order valence-electron chi connectivity index (χ3n) is 3.40. The first kappa shape index (κ1) is 17.2. The standard InChI is InChI=1S/C18H18N2O4/c1-12-3-8-16(9-13(12)2)24-11-17(21)20-19-10-14-4-6-15(7-5-14)18(22)23/h3-10H,11H2,1-2H3,(H,20,21)(H,22,23)/p-1. The van der Waals surface area contributed by atoms with Crippen LogP contribution in [0.4, 0.5) is 0 Å². The molecule has 0 heterocycles. The van der Waals surface area contributed by atoms with Gasteiger partial charge in [-0.05, 0) is 48.2 Å². The average molecular weight is 325 g/mol. The van der Waals surface area contributed by atoms with Crippen LogP contribution in [0, 0.1) is 13.8 Å². The van der Waals surface area contributed by atoms with Crippen molar-refractivity contribution in [3.63, 3.8) is 0 Å². The number of carbonyl (C=O) groups is 2. The molecule has 0 aliphatic carbocycles. The van der Waals surface area contributed by atoms with Crippen molar-refractivity contribution in [3.8, 4) is 5.75 Å². The van der Waals surface area contributed by atoms with Gasteiger partial charge in [0.2, 0.25) is 0 Å². The predicted octanol–water partition coefficient (Wildman–Crippen LogP) is 1.20. The van der Waals surface area contributed by atoms with Crippen molar-refractivity contribution in [2.45, 2.75) is 13.8 Å². The van der Waals surface area contributed by atoms with Gasteiger partial charge in [0, 0.05) is 0 Å². The second-order valence-electron chi connectivity index (χ2n) is 5.24. The summed E-state index contributed by atoms with van der Waals surface area (Å²) in [6.07, 6.45) is 1.41. The summed E-state index contributed by atoms with van der Waals surface area (Å²) >= 11 is 0. The van der Waals surface area contributed by atoms with Gasteiger partial charge in [0.1, 0.15) is 5.75 Å². The number of benzene rings is 2. The molecule has 6 nitrogen and oxygen atoms in total. The van der Waals surface area contributed by atoms with Crippen LogP contribution in [-0.2, 0) is 4.79 Å². The van der Waals surface area contributed by atoms with Gasteiger partial charge in [-0.15, -0.1) is 0 Å². The maximum atomic E-state index is 11.7. The Morgan fingerprint density at radius 1 is 1.12 bits per heavy atom. The predicted molar refractivity (Wildman–Crippen MR) is 87.9 cm³/mol. The molecule has 0 atom stereocenters. The van der Waals surface area contributed by atoms with Gasteiger partial charge >= 0.3 is 0 Å². The van der Waals surface area contributed by atoms with Crippen molar-refractivity contribution in [1.29, 1.82) is 0 Å². The molecule has 0 saturated carbocycles. The molecule has 0 aliphatic heterocycles. The molecule has 2 aromatic carbocycles. The monoisotopic (exact) mass is 325 g/mol. The van der Waals surface area contributed by atoms with Crippen LogP contribution in [0.3, 0.4) is 0 Å². The SMILES string of the molecule is Cc1ccc(OCC(=O)NN=Cc2ccc(C(=O)[O-])cc2)cc1C. The second-order valence-corrected chi connectivity index (χ2v) is 5.24. The Hall–Kier alpha value is -3.15. The molecule has 0 aliphatic rings. The van der Waals surface area contributed by atoms with Crippen molar-refractivity contribution >= 4 is 18.1 Å². The van der Waals surface area contributed by atoms with E-state index in [4.69, 9.17) is 4.74 Å². The normalized spacial score (nSPS) is 10.6. The van der Waals surface area contributed by atoms with Crippen molar-refractivity contribution in [1.82, 2.24) is 5.43 Å². The zero-order chi connectivity index (χ0) is 17.5. The number of rotatable bonds is 6. The van der Waals surface area contributed by atoms with Crippen LogP contribution in [0.2, 0.25) is 0 Å². The van der Waals surface area contributed by atoms with Crippen LogP contribution in [-0.4, -0.2) is 24.7 Å². The molecule has 1 N–H and O–H groups in total. The number of hydrogen-bond acceptors (Lipinski definition) is 5. The summed E-state index contributed by atoms with van der Waals surface area (Å²) in [4.78, 5) is 22.3. The fraction of sp³-hybridized carbons (Fsp3) is 0.167. The highest BCUT2D eigenvalue weighted by Gasteiger charge is 2.02. The summed E-state index contributed by atoms with van der Waals surface area (Å²) in [6, 6.07) is 11.5. The second kappa shape index (κ2) is 7.92. The van der Waals surface area contributed by atoms with Gasteiger partial charge in [-0.3, -0.25) is 4.79 Å². The first-order chi connectivity index (χ1) is 11.5. The number of nitrogens with one attached hydrogen (secondary N) is 1. The minimum absolute atomic E-state index is 0.0815. The molecule has 6 heteroatoms. The van der Waals surface area contributed by atoms with E-state index in [1.165, 1.54) is 18.3 Å². The summed E-state index contributed by atoms with van der Waals surface area (Å²) in [7, 11) is 0. The summed E-state index contributed by atoms with van der Waals surface area (Å²) in [5, 5.41) is 14.4. The summed E-state index contributed by atoms with van der Waals surface area (Å²) in [5.41, 5.74) is 5.31. The zero-order valence-electron chi connectivity index (χ0n) is 13.4. The number of hydrogen-bond donors (Lipinski definition) is 1. The maximum Gasteiger partial charge on any atom is 0.277 e. The molecule has 0 unspecified atom stereocenters. The van der Waals surface area contributed by atoms with Crippen LogP contribution >= 0.6 is 0 Å². The van der Waals surface area contributed by atoms with E-state index in [2.05, 4.69) is 10.5 Å². The number of aryl methyl sites for hydroxylation is 2. The van der Waals surface area contributed by atoms with E-state index in [0.717, 1.165) is 11.1 Å². The summed E-state index contributed by atoms with van der Waals surface area (Å²) < 4.78 is 5.39. The highest BCUT2D eigenvalue weighted by molar-refractivity contribution is 5.88. The highest BCUT2D eigenvalue weighted by Crippen LogP contribution is 2.16. The third-order valence-corrected chi connectivity index (χ3v) is 3.40. The Labute approximate surface area is 139 Å². The first-order valence-corrected chi connectivity index (χ1v) is 7.29. The molecule has 0 radical (unpaired) electrons. The lowest BCUT2D eigenvalue weighted by Crippen LogP contribution is -2.24. The Bertz CT molecular complexity index is 767. The number of ether oxygens (including phenoxy) is 1. The van der Waals surface area contributed by atoms with Gasteiger partial charge in [0.15, 0.2) is 6.61 Å². The lowest BCUT2D eigenvalue weighted by molar-refractivity contribution is -0.255. The lowest BCUT2D eigenvalue weighted by Gasteiger charge is -2.07. The lowest BCUT2D eigenvalue weighted by atomic mass is 10.1. The Morgan fingerprint density at radius 2 is 1.83 bits per heavy atom. The largest absolute Gasteiger partial charge is 0.545 e. The van der Waals surface area contributed by atoms with Crippen LogP contribution in [0.5, 0.6) is 5.75 Å². The van der Waals surface area contributed by atoms with E-state index < -0.39 is 11.9 Å². The molecule has 0 bridgehead atoms. The minimum Gasteiger partial charge on any atom is -0.545 e. The summed E-state index contributed by atoms with van der Waals surface area (Å²) in [5.74, 6) is -1.01. The van der Waals surface area contributed by atoms with E-state index in [1.54, 1.807) is 18.2 Å². The Morgan fingerprint density at radius 3 is 2.46 bits per heavy atom. The van der Waals surface area contributed by atoms with Crippen molar-refractivity contribution in [2.24, 2.45) is 5.10 Å². The van der Waals surface area contributed by atoms with Gasteiger partial charge in [0.05, 0.1) is 12.2 Å². The number of aromatic carboxylic acids is 1. The molecule has 0 saturated heterocycles. The van der Waals surface area contributed by atoms with E-state index >= 15 is 0 Å². The van der Waals surface area contributed by atoms with Gasteiger partial charge in [0.25, 0.3) is 5.91 Å². The van der Waals surface area contributed by atoms with Crippen LogP contribution in [0.1, 0.15) is 27.0 Å². The summed E-state index contributed by atoms with van der Waals surface area (Å²) in [6.45, 7) is 3.82. The number of carbonyl (C=O) groups excluding carboxylic acids is 2. The highest BCUT2D eigenvalue weighted by atomic mass is 16.5. The maximum absolute atomic E-state index is 11.7. The molecular formula is C18H17N2O4-. The first-order valence-electron chi connectivity index (χ1n) is 7.29. The molecule has 1 amide bonds. The molecule has 2 rings (SSSR count). The number of amides is 1. The third kappa shape index (κ3) is 4.95. The van der Waals surface area contributed by atoms with Gasteiger partial charge < -0.3 is 14.6 Å². The van der Waals surface area contributed by atoms with Gasteiger partial charge in [-0.1, -0.05) is 30.3 Å². The van der Waals surface area contributed by atoms with Crippen LogP contribution in [0.25, 0.3) is 0 Å². The van der Waals surface area contributed by atoms with E-state index in [0.29, 0.717) is 11.3 Å². The van der Waals surface area contributed by atoms with E-state index in [1.807, 2.05) is 26.0 Å². The van der Waals surface area contributed by atoms with E-state index in [-0.39, 0.29) is 12.2 Å². The van der Waals surface area contributed by atoms with Crippen molar-refractivity contribution in [3.05, 3.63) is 64.7 Å². The molecule has 2 aromatic rings. The van der Waals surface area contributed by atoms with Gasteiger partial charge in [-0.25, -0.2) is 5.43 Å². The topological polar surface area (TPSA) is 90.8 Å². The molecular weight excluding hydrogens is 308 g/mol. The Kier molecular flexibility index (Phi) is 5.68. The smallest absolute Gasteiger partial charge is 0.277 e. The van der Waals surface area contributed by atoms with Crippen molar-refractivity contribution < 1.29 is 19.4 Å². The zero-order valence-corrected chi connectivity index (χ0v) is 13.4. The number of nitrogens with zero attached hydrogens (tertiary/aromatic N) is 1. The van der Waals surface area contributed by atoms with E-state index in [9.17, 15) is 14.7 Å². The fourth-order valence-corrected chi connectivity index (χ4v) is 1.87.